The number of carbonyl (C=O) groups excluding carboxylic acids is 2. The molecule has 0 aliphatic carbocycles. The Morgan fingerprint density at radius 3 is 0.900 bits per heavy atom. The van der Waals surface area contributed by atoms with Crippen molar-refractivity contribution in [2.24, 2.45) is 47.3 Å². The van der Waals surface area contributed by atoms with Gasteiger partial charge in [-0.3, -0.25) is 0 Å². The zero-order chi connectivity index (χ0) is 49.5. The Morgan fingerprint density at radius 1 is 0.343 bits per heavy atom. The van der Waals surface area contributed by atoms with E-state index in [0.717, 1.165) is 0 Å². The second-order valence-electron chi connectivity index (χ2n) is 21.8. The summed E-state index contributed by atoms with van der Waals surface area (Å²) in [4.78, 5) is 47.4. The Labute approximate surface area is 405 Å². The highest BCUT2D eigenvalue weighted by atomic mass is 16.7. The van der Waals surface area contributed by atoms with E-state index in [1.54, 1.807) is 24.3 Å². The van der Waals surface area contributed by atoms with Gasteiger partial charge in [-0.25, -0.2) is 19.2 Å². The number of hydrogen-bond acceptors (Lipinski definition) is 16. The van der Waals surface area contributed by atoms with Gasteiger partial charge in [0.1, 0.15) is 48.8 Å². The van der Waals surface area contributed by atoms with Crippen LogP contribution in [0.3, 0.4) is 0 Å². The third-order valence-corrected chi connectivity index (χ3v) is 18.0. The molecule has 16 aliphatic rings. The van der Waals surface area contributed by atoms with E-state index in [1.165, 1.54) is 24.3 Å². The van der Waals surface area contributed by atoms with E-state index >= 15 is 0 Å². The average Bonchev–Trinajstić information content (AvgIpc) is 4.18. The van der Waals surface area contributed by atoms with Crippen molar-refractivity contribution in [3.8, 4) is 0 Å². The first-order chi connectivity index (χ1) is 33.4. The van der Waals surface area contributed by atoms with E-state index < -0.39 is 36.1 Å². The number of benzene rings is 2. The molecule has 70 heavy (non-hydrogen) atoms. The highest BCUT2D eigenvalue weighted by Gasteiger charge is 2.67. The molecule has 0 radical (unpaired) electrons. The van der Waals surface area contributed by atoms with Crippen molar-refractivity contribution in [1.82, 2.24) is 0 Å². The lowest BCUT2D eigenvalue weighted by Crippen LogP contribution is -2.49. The van der Waals surface area contributed by atoms with Gasteiger partial charge in [0.15, 0.2) is 12.2 Å². The van der Waals surface area contributed by atoms with E-state index in [4.69, 9.17) is 47.4 Å². The van der Waals surface area contributed by atoms with Gasteiger partial charge in [-0.15, -0.1) is 0 Å². The quantitative estimate of drug-likeness (QED) is 0.301. The van der Waals surface area contributed by atoms with Crippen molar-refractivity contribution >= 4 is 23.9 Å². The summed E-state index contributed by atoms with van der Waals surface area (Å²) in [5, 5.41) is 37.9. The fourth-order valence-corrected chi connectivity index (χ4v) is 14.4. The monoisotopic (exact) mass is 976 g/mol. The molecule has 0 aromatic heterocycles. The molecule has 380 valence electrons. The first-order valence-electron chi connectivity index (χ1n) is 25.0. The summed E-state index contributed by atoms with van der Waals surface area (Å²) < 4.78 is 58.0. The largest absolute Gasteiger partial charge is 0.478 e. The Hall–Kier alpha value is -4.08. The number of aromatic carboxylic acids is 2. The third kappa shape index (κ3) is 7.32. The first kappa shape index (κ1) is 48.2. The third-order valence-electron chi connectivity index (χ3n) is 18.0. The fourth-order valence-electron chi connectivity index (χ4n) is 14.4. The van der Waals surface area contributed by atoms with Crippen molar-refractivity contribution in [3.05, 3.63) is 70.8 Å². The van der Waals surface area contributed by atoms with Crippen LogP contribution in [0.15, 0.2) is 48.5 Å². The molecule has 16 saturated heterocycles. The number of aliphatic hydroxyl groups is 2. The van der Waals surface area contributed by atoms with E-state index in [1.807, 2.05) is 13.8 Å². The standard InChI is InChI=1S/2C17H18O6.2C9H14O3/c2*1-7-11-8(2)13-15(14(21-11)12(7)22-13)23-17(20)10-6-4-3-5-9(10)16(18)19;2*1-3-6-4(2)8-9(11-6)5(10)7(3)12-8/h2*3-8,11-15H,1-2H3,(H,18,19);2*3-10H,1-2H3/t2*7-,8+,11+,12+,13-,14?,15-;2*3-,4+,5+,6+,7+,8-,9?/m1010/s1. The lowest BCUT2D eigenvalue weighted by molar-refractivity contribution is -0.152. The zero-order valence-corrected chi connectivity index (χ0v) is 40.3. The second-order valence-corrected chi connectivity index (χ2v) is 21.8. The number of rotatable bonds is 6. The van der Waals surface area contributed by atoms with Gasteiger partial charge < -0.3 is 67.8 Å². The van der Waals surface area contributed by atoms with Gasteiger partial charge in [-0.2, -0.15) is 0 Å². The molecule has 16 fully saturated rings. The predicted octanol–water partition coefficient (Wildman–Crippen LogP) is 3.80. The van der Waals surface area contributed by atoms with Crippen molar-refractivity contribution < 1.29 is 87.0 Å². The number of hydrogen-bond donors (Lipinski definition) is 4. The van der Waals surface area contributed by atoms with Crippen LogP contribution in [0, 0.1) is 47.3 Å². The Bertz CT molecular complexity index is 2150. The summed E-state index contributed by atoms with van der Waals surface area (Å²) in [6.45, 7) is 16.8. The van der Waals surface area contributed by atoms with Crippen molar-refractivity contribution in [2.45, 2.75) is 177 Å². The van der Waals surface area contributed by atoms with Crippen LogP contribution < -0.4 is 0 Å². The molecular formula is C52H64O18. The van der Waals surface area contributed by atoms with Crippen LogP contribution in [0.2, 0.25) is 0 Å². The van der Waals surface area contributed by atoms with Crippen LogP contribution in [-0.4, -0.2) is 166 Å². The maximum absolute atomic E-state index is 12.5. The van der Waals surface area contributed by atoms with Gasteiger partial charge in [0.25, 0.3) is 0 Å². The van der Waals surface area contributed by atoms with Crippen LogP contribution in [0.5, 0.6) is 0 Å². The van der Waals surface area contributed by atoms with E-state index in [-0.39, 0.29) is 144 Å². The Kier molecular flexibility index (Phi) is 12.3. The summed E-state index contributed by atoms with van der Waals surface area (Å²) in [7, 11) is 0. The molecule has 16 heterocycles. The summed E-state index contributed by atoms with van der Waals surface area (Å²) in [5.41, 5.74) is -0.0162. The number of carboxylic acid groups (broad SMARTS) is 2. The van der Waals surface area contributed by atoms with Gasteiger partial charge >= 0.3 is 23.9 Å². The summed E-state index contributed by atoms with van der Waals surface area (Å²) in [5.74, 6) is -1.12. The molecule has 2 aromatic carbocycles. The number of esters is 2. The van der Waals surface area contributed by atoms with Crippen molar-refractivity contribution in [3.63, 3.8) is 0 Å². The number of aliphatic hydroxyl groups excluding tert-OH is 2. The van der Waals surface area contributed by atoms with Crippen molar-refractivity contribution in [1.29, 1.82) is 0 Å². The minimum absolute atomic E-state index is 0.0359. The zero-order valence-electron chi connectivity index (χ0n) is 40.3. The van der Waals surface area contributed by atoms with Crippen LogP contribution in [0.25, 0.3) is 0 Å². The van der Waals surface area contributed by atoms with Crippen LogP contribution in [0.1, 0.15) is 96.8 Å². The molecule has 0 saturated carbocycles. The topological polar surface area (TPSA) is 241 Å². The molecule has 4 N–H and O–H groups in total. The molecule has 0 amide bonds. The van der Waals surface area contributed by atoms with Gasteiger partial charge in [0, 0.05) is 47.3 Å². The van der Waals surface area contributed by atoms with Gasteiger partial charge in [-0.1, -0.05) is 79.7 Å². The predicted molar refractivity (Wildman–Crippen MR) is 240 cm³/mol. The number of ether oxygens (including phenoxy) is 10. The first-order valence-corrected chi connectivity index (χ1v) is 25.0. The van der Waals surface area contributed by atoms with Gasteiger partial charge in [0.2, 0.25) is 0 Å². The summed E-state index contributed by atoms with van der Waals surface area (Å²) >= 11 is 0. The molecule has 16 bridgehead atoms. The minimum Gasteiger partial charge on any atom is -0.478 e. The maximum Gasteiger partial charge on any atom is 0.339 e. The normalized spacial score (nSPS) is 49.7. The van der Waals surface area contributed by atoms with Crippen LogP contribution in [-0.2, 0) is 47.4 Å². The lowest BCUT2D eigenvalue weighted by atomic mass is 9.87. The summed E-state index contributed by atoms with van der Waals surface area (Å²) in [6.07, 6.45) is -1.44. The maximum atomic E-state index is 12.5. The lowest BCUT2D eigenvalue weighted by Gasteiger charge is -2.38. The van der Waals surface area contributed by atoms with Gasteiger partial charge in [-0.05, 0) is 24.3 Å². The number of carboxylic acids is 2. The molecular weight excluding hydrogens is 913 g/mol. The highest BCUT2D eigenvalue weighted by Crippen LogP contribution is 2.54. The molecule has 18 nitrogen and oxygen atoms in total. The van der Waals surface area contributed by atoms with Crippen LogP contribution >= 0.6 is 0 Å². The number of carbonyl (C=O) groups is 4. The molecule has 4 unspecified atom stereocenters. The Morgan fingerprint density at radius 2 is 0.586 bits per heavy atom. The fraction of sp³-hybridized carbons (Fsp3) is 0.692. The molecule has 16 aliphatic heterocycles. The van der Waals surface area contributed by atoms with Crippen LogP contribution in [0.4, 0.5) is 0 Å². The summed E-state index contributed by atoms with van der Waals surface area (Å²) in [6, 6.07) is 12.1. The smallest absolute Gasteiger partial charge is 0.339 e. The van der Waals surface area contributed by atoms with Gasteiger partial charge in [0.05, 0.1) is 83.3 Å². The molecule has 18 heteroatoms. The highest BCUT2D eigenvalue weighted by molar-refractivity contribution is 6.03. The molecule has 28 atom stereocenters. The second kappa shape index (κ2) is 17.8. The van der Waals surface area contributed by atoms with E-state index in [2.05, 4.69) is 41.5 Å². The minimum atomic E-state index is -1.15. The van der Waals surface area contributed by atoms with Crippen molar-refractivity contribution in [2.75, 3.05) is 0 Å². The molecule has 0 spiro atoms. The Balaban J connectivity index is 0.000000106. The average molecular weight is 977 g/mol. The van der Waals surface area contributed by atoms with E-state index in [9.17, 15) is 39.6 Å². The SMILES string of the molecule is C[C@@H]1[C@@H]2OC3[C@@H](O)[C@H]1O[C@@H]3[C@H]2C.C[C@@H]1[C@@H]2OC3[C@@H](OC(=O)c4ccccc4C(=O)O)[C@H]1O[C@@H]3[C@H]2C.C[C@@H]1[C@@H]2OC3[C@H]1O[C@H]([C@H]2C)[C@H]3O.C[C@@H]1[C@@H]2OC3[C@H]1O[C@H]([C@H]2C)[C@H]3OC(=O)c1ccccc1C(=O)O. The van der Waals surface area contributed by atoms with E-state index in [0.29, 0.717) is 35.9 Å². The molecule has 2 aromatic rings. The molecule has 18 rings (SSSR count).